The Bertz CT molecular complexity index is 396. The molecular formula is C12H18N2O2S. The maximum absolute atomic E-state index is 11.4. The van der Waals surface area contributed by atoms with E-state index in [0.717, 1.165) is 12.2 Å². The quantitative estimate of drug-likeness (QED) is 0.623. The van der Waals surface area contributed by atoms with Gasteiger partial charge in [-0.2, -0.15) is 11.8 Å². The number of carbonyl (C=O) groups excluding carboxylic acids is 1. The van der Waals surface area contributed by atoms with Crippen molar-refractivity contribution in [3.63, 3.8) is 0 Å². The summed E-state index contributed by atoms with van der Waals surface area (Å²) >= 11 is 1.78. The van der Waals surface area contributed by atoms with Crippen molar-refractivity contribution in [2.24, 2.45) is 0 Å². The highest BCUT2D eigenvalue weighted by molar-refractivity contribution is 7.99. The van der Waals surface area contributed by atoms with Crippen LogP contribution in [-0.4, -0.2) is 31.1 Å². The van der Waals surface area contributed by atoms with Crippen molar-refractivity contribution in [3.05, 3.63) is 23.8 Å². The van der Waals surface area contributed by atoms with Crippen LogP contribution in [0.25, 0.3) is 0 Å². The molecule has 17 heavy (non-hydrogen) atoms. The van der Waals surface area contributed by atoms with E-state index in [1.165, 1.54) is 7.11 Å². The van der Waals surface area contributed by atoms with Gasteiger partial charge in [0.1, 0.15) is 0 Å². The normalized spacial score (nSPS) is 11.9. The third-order valence-electron chi connectivity index (χ3n) is 2.45. The fraction of sp³-hybridized carbons (Fsp3) is 0.417. The summed E-state index contributed by atoms with van der Waals surface area (Å²) in [5.74, 6) is -0.413. The largest absolute Gasteiger partial charge is 0.465 e. The van der Waals surface area contributed by atoms with Crippen LogP contribution in [0.3, 0.4) is 0 Å². The van der Waals surface area contributed by atoms with Gasteiger partial charge in [-0.15, -0.1) is 0 Å². The summed E-state index contributed by atoms with van der Waals surface area (Å²) < 4.78 is 4.67. The van der Waals surface area contributed by atoms with Crippen LogP contribution in [-0.2, 0) is 4.74 Å². The Kier molecular flexibility index (Phi) is 5.15. The van der Waals surface area contributed by atoms with E-state index < -0.39 is 5.97 Å². The predicted molar refractivity (Wildman–Crippen MR) is 73.7 cm³/mol. The first kappa shape index (κ1) is 13.7. The molecule has 0 bridgehead atoms. The lowest BCUT2D eigenvalue weighted by Crippen LogP contribution is -2.13. The molecule has 0 spiro atoms. The fourth-order valence-corrected chi connectivity index (χ4v) is 1.55. The van der Waals surface area contributed by atoms with Gasteiger partial charge in [0.15, 0.2) is 0 Å². The third-order valence-corrected chi connectivity index (χ3v) is 3.43. The molecule has 0 heterocycles. The minimum Gasteiger partial charge on any atom is -0.465 e. The van der Waals surface area contributed by atoms with Crippen molar-refractivity contribution in [1.29, 1.82) is 0 Å². The average molecular weight is 254 g/mol. The zero-order valence-corrected chi connectivity index (χ0v) is 11.1. The molecule has 5 heteroatoms. The standard InChI is InChI=1S/C12H18N2O2S/c1-8(17-3)7-14-9-4-5-11(13)10(6-9)12(15)16-2/h4-6,8,14H,7,13H2,1-3H3. The summed E-state index contributed by atoms with van der Waals surface area (Å²) in [4.78, 5) is 11.4. The number of nitrogens with one attached hydrogen (secondary N) is 1. The highest BCUT2D eigenvalue weighted by Crippen LogP contribution is 2.19. The first-order valence-electron chi connectivity index (χ1n) is 5.33. The van der Waals surface area contributed by atoms with E-state index in [1.807, 2.05) is 6.07 Å². The van der Waals surface area contributed by atoms with Gasteiger partial charge < -0.3 is 15.8 Å². The smallest absolute Gasteiger partial charge is 0.340 e. The van der Waals surface area contributed by atoms with Gasteiger partial charge in [0.25, 0.3) is 0 Å². The van der Waals surface area contributed by atoms with Gasteiger partial charge in [-0.1, -0.05) is 6.92 Å². The lowest BCUT2D eigenvalue weighted by atomic mass is 10.1. The van der Waals surface area contributed by atoms with Crippen LogP contribution in [0.5, 0.6) is 0 Å². The number of hydrogen-bond donors (Lipinski definition) is 2. The second kappa shape index (κ2) is 6.39. The number of nitrogen functional groups attached to an aromatic ring is 1. The molecule has 1 rings (SSSR count). The van der Waals surface area contributed by atoms with Gasteiger partial charge in [-0.3, -0.25) is 0 Å². The van der Waals surface area contributed by atoms with Crippen LogP contribution in [0.2, 0.25) is 0 Å². The molecule has 1 aromatic carbocycles. The van der Waals surface area contributed by atoms with Gasteiger partial charge in [-0.05, 0) is 24.5 Å². The Balaban J connectivity index is 2.78. The summed E-state index contributed by atoms with van der Waals surface area (Å²) in [6.45, 7) is 2.97. The van der Waals surface area contributed by atoms with E-state index >= 15 is 0 Å². The van der Waals surface area contributed by atoms with Gasteiger partial charge in [0.05, 0.1) is 12.7 Å². The summed E-state index contributed by atoms with van der Waals surface area (Å²) in [7, 11) is 1.34. The highest BCUT2D eigenvalue weighted by atomic mass is 32.2. The number of methoxy groups -OCH3 is 1. The minimum absolute atomic E-state index is 0.398. The zero-order chi connectivity index (χ0) is 12.8. The molecular weight excluding hydrogens is 236 g/mol. The van der Waals surface area contributed by atoms with Crippen molar-refractivity contribution in [3.8, 4) is 0 Å². The molecule has 0 aliphatic rings. The maximum atomic E-state index is 11.4. The van der Waals surface area contributed by atoms with Gasteiger partial charge in [0.2, 0.25) is 0 Å². The second-order valence-corrected chi connectivity index (χ2v) is 5.00. The highest BCUT2D eigenvalue weighted by Gasteiger charge is 2.10. The first-order chi connectivity index (χ1) is 8.08. The molecule has 0 saturated carbocycles. The molecule has 0 radical (unpaired) electrons. The van der Waals surface area contributed by atoms with E-state index in [2.05, 4.69) is 23.2 Å². The van der Waals surface area contributed by atoms with E-state index in [0.29, 0.717) is 16.5 Å². The molecule has 1 atom stereocenters. The molecule has 4 nitrogen and oxygen atoms in total. The molecule has 94 valence electrons. The zero-order valence-electron chi connectivity index (χ0n) is 10.3. The molecule has 0 amide bonds. The lowest BCUT2D eigenvalue weighted by Gasteiger charge is -2.12. The average Bonchev–Trinajstić information content (AvgIpc) is 2.36. The van der Waals surface area contributed by atoms with Crippen LogP contribution in [0.15, 0.2) is 18.2 Å². The molecule has 1 aromatic rings. The monoisotopic (exact) mass is 254 g/mol. The third kappa shape index (κ3) is 3.85. The van der Waals surface area contributed by atoms with Gasteiger partial charge in [-0.25, -0.2) is 4.79 Å². The van der Waals surface area contributed by atoms with Crippen LogP contribution in [0.1, 0.15) is 17.3 Å². The summed E-state index contributed by atoms with van der Waals surface area (Å²) in [5.41, 5.74) is 7.42. The van der Waals surface area contributed by atoms with Gasteiger partial charge in [0, 0.05) is 23.2 Å². The molecule has 0 aromatic heterocycles. The Morgan fingerprint density at radius 3 is 2.88 bits per heavy atom. The van der Waals surface area contributed by atoms with Crippen LogP contribution < -0.4 is 11.1 Å². The van der Waals surface area contributed by atoms with E-state index in [4.69, 9.17) is 5.73 Å². The maximum Gasteiger partial charge on any atom is 0.340 e. The number of esters is 1. The Labute approximate surface area is 106 Å². The van der Waals surface area contributed by atoms with Crippen LogP contribution in [0.4, 0.5) is 11.4 Å². The topological polar surface area (TPSA) is 64.3 Å². The van der Waals surface area contributed by atoms with E-state index in [-0.39, 0.29) is 0 Å². The number of hydrogen-bond acceptors (Lipinski definition) is 5. The molecule has 0 fully saturated rings. The Hall–Kier alpha value is -1.36. The number of anilines is 2. The molecule has 0 aliphatic heterocycles. The molecule has 0 saturated heterocycles. The van der Waals surface area contributed by atoms with Crippen molar-refractivity contribution in [2.75, 3.05) is 31.0 Å². The van der Waals surface area contributed by atoms with Crippen LogP contribution >= 0.6 is 11.8 Å². The minimum atomic E-state index is -0.413. The van der Waals surface area contributed by atoms with Crippen molar-refractivity contribution < 1.29 is 9.53 Å². The predicted octanol–water partition coefficient (Wildman–Crippen LogP) is 2.22. The van der Waals surface area contributed by atoms with E-state index in [9.17, 15) is 4.79 Å². The summed E-state index contributed by atoms with van der Waals surface area (Å²) in [5, 5.41) is 3.77. The summed E-state index contributed by atoms with van der Waals surface area (Å²) in [6.07, 6.45) is 2.06. The van der Waals surface area contributed by atoms with Crippen molar-refractivity contribution in [1.82, 2.24) is 0 Å². The molecule has 0 aliphatic carbocycles. The van der Waals surface area contributed by atoms with Crippen molar-refractivity contribution >= 4 is 29.1 Å². The Morgan fingerprint density at radius 1 is 1.59 bits per heavy atom. The number of benzene rings is 1. The number of carbonyl (C=O) groups is 1. The Morgan fingerprint density at radius 2 is 2.29 bits per heavy atom. The second-order valence-electron chi connectivity index (χ2n) is 3.72. The fourth-order valence-electron chi connectivity index (χ4n) is 1.30. The van der Waals surface area contributed by atoms with E-state index in [1.54, 1.807) is 23.9 Å². The summed E-state index contributed by atoms with van der Waals surface area (Å²) in [6, 6.07) is 5.28. The number of ether oxygens (including phenoxy) is 1. The molecule has 3 N–H and O–H groups in total. The molecule has 1 unspecified atom stereocenters. The van der Waals surface area contributed by atoms with Crippen molar-refractivity contribution in [2.45, 2.75) is 12.2 Å². The van der Waals surface area contributed by atoms with Gasteiger partial charge >= 0.3 is 5.97 Å². The number of thioether (sulfide) groups is 1. The SMILES string of the molecule is COC(=O)c1cc(NCC(C)SC)ccc1N. The number of nitrogens with two attached hydrogens (primary N) is 1. The lowest BCUT2D eigenvalue weighted by molar-refractivity contribution is 0.0602. The first-order valence-corrected chi connectivity index (χ1v) is 6.61. The number of rotatable bonds is 5. The van der Waals surface area contributed by atoms with Crippen LogP contribution in [0, 0.1) is 0 Å².